The van der Waals surface area contributed by atoms with Gasteiger partial charge in [-0.05, 0) is 61.6 Å². The van der Waals surface area contributed by atoms with E-state index in [2.05, 4.69) is 10.3 Å². The lowest BCUT2D eigenvalue weighted by molar-refractivity contribution is 0.102. The molecule has 9 heteroatoms. The van der Waals surface area contributed by atoms with Gasteiger partial charge in [-0.15, -0.1) is 11.3 Å². The maximum Gasteiger partial charge on any atom is 0.255 e. The number of carbonyl (C=O) groups is 1. The molecule has 1 saturated carbocycles. The van der Waals surface area contributed by atoms with Crippen molar-refractivity contribution in [1.29, 1.82) is 0 Å². The summed E-state index contributed by atoms with van der Waals surface area (Å²) in [6.45, 7) is 0. The highest BCUT2D eigenvalue weighted by Crippen LogP contribution is 2.31. The van der Waals surface area contributed by atoms with Crippen molar-refractivity contribution in [1.82, 2.24) is 9.29 Å². The van der Waals surface area contributed by atoms with Gasteiger partial charge in [-0.2, -0.15) is 4.31 Å². The third-order valence-electron chi connectivity index (χ3n) is 4.66. The van der Waals surface area contributed by atoms with E-state index in [1.807, 2.05) is 24.5 Å². The number of nitrogens with one attached hydrogen (secondary N) is 1. The fourth-order valence-electron chi connectivity index (χ4n) is 2.85. The Hall–Kier alpha value is -1.94. The van der Waals surface area contributed by atoms with Crippen molar-refractivity contribution < 1.29 is 13.2 Å². The number of fused-ring (bicyclic) bond motifs is 1. The molecule has 1 amide bonds. The number of anilines is 1. The van der Waals surface area contributed by atoms with E-state index in [1.54, 1.807) is 42.3 Å². The van der Waals surface area contributed by atoms with Crippen LogP contribution in [0.5, 0.6) is 0 Å². The van der Waals surface area contributed by atoms with Crippen LogP contribution in [0.25, 0.3) is 10.2 Å². The number of amides is 1. The van der Waals surface area contributed by atoms with Crippen molar-refractivity contribution >= 4 is 54.9 Å². The van der Waals surface area contributed by atoms with Gasteiger partial charge in [0.15, 0.2) is 4.34 Å². The summed E-state index contributed by atoms with van der Waals surface area (Å²) < 4.78 is 28.5. The lowest BCUT2D eigenvalue weighted by Crippen LogP contribution is -2.29. The smallest absolute Gasteiger partial charge is 0.255 e. The van der Waals surface area contributed by atoms with E-state index in [0.717, 1.165) is 27.4 Å². The van der Waals surface area contributed by atoms with Crippen LogP contribution in [-0.2, 0) is 10.0 Å². The largest absolute Gasteiger partial charge is 0.322 e. The number of carbonyl (C=O) groups excluding carboxylic acids is 1. The molecule has 1 aliphatic rings. The number of hydrogen-bond acceptors (Lipinski definition) is 6. The summed E-state index contributed by atoms with van der Waals surface area (Å²) in [4.78, 5) is 17.2. The van der Waals surface area contributed by atoms with Gasteiger partial charge >= 0.3 is 0 Å². The second-order valence-corrected chi connectivity index (χ2v) is 10.7. The average molecular weight is 434 g/mol. The van der Waals surface area contributed by atoms with Gasteiger partial charge in [0.25, 0.3) is 5.91 Å². The second-order valence-electron chi connectivity index (χ2n) is 6.60. The maximum absolute atomic E-state index is 12.6. The quantitative estimate of drug-likeness (QED) is 0.593. The Morgan fingerprint density at radius 3 is 2.57 bits per heavy atom. The second kappa shape index (κ2) is 7.47. The van der Waals surface area contributed by atoms with Gasteiger partial charge in [-0.25, -0.2) is 13.4 Å². The monoisotopic (exact) mass is 433 g/mol. The lowest BCUT2D eigenvalue weighted by atomic mass is 10.2. The molecule has 2 aromatic carbocycles. The van der Waals surface area contributed by atoms with E-state index in [4.69, 9.17) is 0 Å². The first kappa shape index (κ1) is 19.4. The van der Waals surface area contributed by atoms with E-state index in [-0.39, 0.29) is 16.8 Å². The van der Waals surface area contributed by atoms with Crippen molar-refractivity contribution in [3.8, 4) is 0 Å². The van der Waals surface area contributed by atoms with E-state index >= 15 is 0 Å². The molecule has 1 N–H and O–H groups in total. The Morgan fingerprint density at radius 2 is 1.93 bits per heavy atom. The number of aromatic nitrogens is 1. The molecule has 0 unspecified atom stereocenters. The van der Waals surface area contributed by atoms with Crippen molar-refractivity contribution in [2.75, 3.05) is 18.6 Å². The van der Waals surface area contributed by atoms with E-state index in [1.165, 1.54) is 16.4 Å². The van der Waals surface area contributed by atoms with E-state index < -0.39 is 10.0 Å². The van der Waals surface area contributed by atoms with Gasteiger partial charge in [-0.1, -0.05) is 11.8 Å². The summed E-state index contributed by atoms with van der Waals surface area (Å²) in [7, 11) is -1.90. The average Bonchev–Trinajstić information content (AvgIpc) is 3.46. The van der Waals surface area contributed by atoms with Gasteiger partial charge in [0, 0.05) is 24.3 Å². The molecule has 28 heavy (non-hydrogen) atoms. The van der Waals surface area contributed by atoms with Crippen LogP contribution in [0.4, 0.5) is 5.69 Å². The zero-order valence-corrected chi connectivity index (χ0v) is 17.8. The highest BCUT2D eigenvalue weighted by Gasteiger charge is 2.34. The molecule has 1 fully saturated rings. The van der Waals surface area contributed by atoms with Crippen molar-refractivity contribution in [2.24, 2.45) is 0 Å². The Morgan fingerprint density at radius 1 is 1.21 bits per heavy atom. The molecule has 146 valence electrons. The van der Waals surface area contributed by atoms with Crippen LogP contribution < -0.4 is 5.32 Å². The van der Waals surface area contributed by atoms with Crippen LogP contribution in [-0.4, -0.2) is 43.0 Å². The molecule has 1 heterocycles. The number of benzene rings is 2. The zero-order valence-electron chi connectivity index (χ0n) is 15.4. The SMILES string of the molecule is CSc1nc2ccc(NC(=O)c3ccc(S(=O)(=O)N(C)C4CC4)cc3)cc2s1. The highest BCUT2D eigenvalue weighted by molar-refractivity contribution is 8.00. The molecular formula is C19H19N3O3S3. The number of thioether (sulfide) groups is 1. The lowest BCUT2D eigenvalue weighted by Gasteiger charge is -2.16. The summed E-state index contributed by atoms with van der Waals surface area (Å²) in [5.41, 5.74) is 1.99. The van der Waals surface area contributed by atoms with Crippen molar-refractivity contribution in [2.45, 2.75) is 28.1 Å². The molecule has 0 spiro atoms. The van der Waals surface area contributed by atoms with Crippen LogP contribution in [0.1, 0.15) is 23.2 Å². The molecular weight excluding hydrogens is 414 g/mol. The molecule has 0 atom stereocenters. The summed E-state index contributed by atoms with van der Waals surface area (Å²) in [5, 5.41) is 2.86. The van der Waals surface area contributed by atoms with Gasteiger partial charge in [0.2, 0.25) is 10.0 Å². The first-order chi connectivity index (χ1) is 13.4. The standard InChI is InChI=1S/C19H19N3O3S3/c1-22(14-6-7-14)28(24,25)15-8-3-12(4-9-15)18(23)20-13-5-10-16-17(11-13)27-19(21-16)26-2/h3-5,8-11,14H,6-7H2,1-2H3,(H,20,23). The molecule has 0 aliphatic heterocycles. The normalized spacial score (nSPS) is 14.5. The molecule has 1 aromatic heterocycles. The van der Waals surface area contributed by atoms with Gasteiger partial charge < -0.3 is 5.32 Å². The van der Waals surface area contributed by atoms with Gasteiger partial charge in [0.1, 0.15) is 0 Å². The predicted molar refractivity (Wildman–Crippen MR) is 114 cm³/mol. The number of nitrogens with zero attached hydrogens (tertiary/aromatic N) is 2. The minimum atomic E-state index is -3.51. The van der Waals surface area contributed by atoms with E-state index in [0.29, 0.717) is 11.3 Å². The third-order valence-corrected chi connectivity index (χ3v) is 8.58. The Labute approximate surface area is 172 Å². The van der Waals surface area contributed by atoms with Crippen LogP contribution in [0.15, 0.2) is 51.7 Å². The summed E-state index contributed by atoms with van der Waals surface area (Å²) in [6.07, 6.45) is 3.78. The van der Waals surface area contributed by atoms with Crippen LogP contribution in [0.2, 0.25) is 0 Å². The number of hydrogen-bond donors (Lipinski definition) is 1. The van der Waals surface area contributed by atoms with Crippen LogP contribution in [0, 0.1) is 0 Å². The topological polar surface area (TPSA) is 79.4 Å². The van der Waals surface area contributed by atoms with Crippen LogP contribution >= 0.6 is 23.1 Å². The highest BCUT2D eigenvalue weighted by atomic mass is 32.2. The first-order valence-electron chi connectivity index (χ1n) is 8.72. The summed E-state index contributed by atoms with van der Waals surface area (Å²) in [6, 6.07) is 11.7. The molecule has 1 aliphatic carbocycles. The van der Waals surface area contributed by atoms with Crippen molar-refractivity contribution in [3.05, 3.63) is 48.0 Å². The Balaban J connectivity index is 1.50. The number of rotatable bonds is 6. The molecule has 4 rings (SSSR count). The molecule has 6 nitrogen and oxygen atoms in total. The fraction of sp³-hybridized carbons (Fsp3) is 0.263. The summed E-state index contributed by atoms with van der Waals surface area (Å²) in [5.74, 6) is -0.284. The molecule has 0 bridgehead atoms. The first-order valence-corrected chi connectivity index (χ1v) is 12.2. The zero-order chi connectivity index (χ0) is 19.9. The van der Waals surface area contributed by atoms with E-state index in [9.17, 15) is 13.2 Å². The van der Waals surface area contributed by atoms with Crippen molar-refractivity contribution in [3.63, 3.8) is 0 Å². The van der Waals surface area contributed by atoms with Gasteiger partial charge in [0.05, 0.1) is 15.1 Å². The number of thiazole rings is 1. The number of sulfonamides is 1. The molecule has 0 saturated heterocycles. The Kier molecular flexibility index (Phi) is 5.17. The van der Waals surface area contributed by atoms with Gasteiger partial charge in [-0.3, -0.25) is 4.79 Å². The fourth-order valence-corrected chi connectivity index (χ4v) is 5.80. The maximum atomic E-state index is 12.6. The minimum Gasteiger partial charge on any atom is -0.322 e. The molecule has 3 aromatic rings. The minimum absolute atomic E-state index is 0.0984. The Bertz CT molecular complexity index is 1140. The van der Waals surface area contributed by atoms with Crippen LogP contribution in [0.3, 0.4) is 0 Å². The summed E-state index contributed by atoms with van der Waals surface area (Å²) >= 11 is 3.17. The molecule has 0 radical (unpaired) electrons. The third kappa shape index (κ3) is 3.80. The predicted octanol–water partition coefficient (Wildman–Crippen LogP) is 4.05.